The number of aryl methyl sites for hydroxylation is 1. The Bertz CT molecular complexity index is 901. The van der Waals surface area contributed by atoms with Crippen LogP contribution in [0.3, 0.4) is 0 Å². The van der Waals surface area contributed by atoms with Crippen LogP contribution in [0.4, 0.5) is 0 Å². The Morgan fingerprint density at radius 3 is 2.48 bits per heavy atom. The van der Waals surface area contributed by atoms with Crippen LogP contribution in [0.15, 0.2) is 71.7 Å². The lowest BCUT2D eigenvalue weighted by Gasteiger charge is -2.30. The first kappa shape index (κ1) is 16.1. The van der Waals surface area contributed by atoms with Gasteiger partial charge in [-0.15, -0.1) is 11.3 Å². The van der Waals surface area contributed by atoms with E-state index in [1.165, 1.54) is 9.75 Å². The molecule has 0 saturated carbocycles. The molecule has 0 saturated heterocycles. The van der Waals surface area contributed by atoms with Gasteiger partial charge in [-0.2, -0.15) is 0 Å². The number of rotatable bonds is 3. The molecule has 0 spiro atoms. The van der Waals surface area contributed by atoms with Crippen LogP contribution >= 0.6 is 11.3 Å². The van der Waals surface area contributed by atoms with E-state index in [-0.39, 0.29) is 12.2 Å². The molecule has 25 heavy (non-hydrogen) atoms. The summed E-state index contributed by atoms with van der Waals surface area (Å²) in [7, 11) is 0. The van der Waals surface area contributed by atoms with Crippen LogP contribution in [0.2, 0.25) is 0 Å². The van der Waals surface area contributed by atoms with Gasteiger partial charge in [-0.25, -0.2) is 0 Å². The zero-order chi connectivity index (χ0) is 17.2. The first-order valence-electron chi connectivity index (χ1n) is 8.43. The van der Waals surface area contributed by atoms with Gasteiger partial charge in [0.05, 0.1) is 0 Å². The molecule has 1 aliphatic heterocycles. The fourth-order valence-electron chi connectivity index (χ4n) is 3.24. The van der Waals surface area contributed by atoms with Gasteiger partial charge in [-0.05, 0) is 30.7 Å². The Hall–Kier alpha value is -2.43. The molecule has 0 amide bonds. The molecule has 1 aromatic heterocycles. The Morgan fingerprint density at radius 1 is 1.00 bits per heavy atom. The third-order valence-electron chi connectivity index (χ3n) is 4.49. The molecule has 0 aliphatic carbocycles. The lowest BCUT2D eigenvalue weighted by Crippen LogP contribution is -2.32. The first-order valence-corrected chi connectivity index (χ1v) is 9.25. The van der Waals surface area contributed by atoms with Crippen LogP contribution in [0.1, 0.15) is 39.5 Å². The average Bonchev–Trinajstić information content (AvgIpc) is 3.09. The van der Waals surface area contributed by atoms with E-state index in [4.69, 9.17) is 4.99 Å². The average molecular weight is 348 g/mol. The van der Waals surface area contributed by atoms with E-state index in [0.29, 0.717) is 5.75 Å². The molecule has 0 fully saturated rings. The number of phenolic OH excluding ortho intramolecular Hbond substituents is 1. The maximum Gasteiger partial charge on any atom is 0.135 e. The Labute approximate surface area is 151 Å². The fraction of sp³-hybridized carbons (Fsp3) is 0.190. The summed E-state index contributed by atoms with van der Waals surface area (Å²) in [4.78, 5) is 7.45. The summed E-state index contributed by atoms with van der Waals surface area (Å²) >= 11 is 1.76. The Balaban J connectivity index is 1.75. The van der Waals surface area contributed by atoms with Crippen LogP contribution in [0, 0.1) is 6.92 Å². The smallest absolute Gasteiger partial charge is 0.135 e. The number of aliphatic imine (C=N–C) groups is 1. The molecule has 4 heteroatoms. The highest BCUT2D eigenvalue weighted by Gasteiger charge is 2.28. The predicted molar refractivity (Wildman–Crippen MR) is 103 cm³/mol. The molecule has 0 radical (unpaired) electrons. The van der Waals surface area contributed by atoms with Gasteiger partial charge >= 0.3 is 0 Å². The van der Waals surface area contributed by atoms with Gasteiger partial charge in [0.2, 0.25) is 0 Å². The molecule has 1 aliphatic rings. The highest BCUT2D eigenvalue weighted by atomic mass is 32.1. The van der Waals surface area contributed by atoms with Gasteiger partial charge < -0.3 is 5.11 Å². The molecule has 126 valence electrons. The summed E-state index contributed by atoms with van der Waals surface area (Å²) in [6.07, 6.45) is 0.662. The second kappa shape index (κ2) is 6.82. The molecule has 3 nitrogen and oxygen atoms in total. The lowest BCUT2D eigenvalue weighted by molar-refractivity contribution is 0.415. The highest BCUT2D eigenvalue weighted by molar-refractivity contribution is 7.12. The third kappa shape index (κ3) is 3.36. The van der Waals surface area contributed by atoms with Crippen molar-refractivity contribution in [3.8, 4) is 5.75 Å². The summed E-state index contributed by atoms with van der Waals surface area (Å²) < 4.78 is 0. The van der Waals surface area contributed by atoms with Crippen molar-refractivity contribution < 1.29 is 5.11 Å². The number of aromatic hydroxyl groups is 1. The van der Waals surface area contributed by atoms with E-state index in [0.717, 1.165) is 23.3 Å². The van der Waals surface area contributed by atoms with Crippen LogP contribution in [0.5, 0.6) is 5.75 Å². The summed E-state index contributed by atoms with van der Waals surface area (Å²) in [5.41, 5.74) is 3.13. The first-order chi connectivity index (χ1) is 12.2. The second-order valence-electron chi connectivity index (χ2n) is 6.27. The van der Waals surface area contributed by atoms with Crippen molar-refractivity contribution in [1.82, 2.24) is 5.32 Å². The summed E-state index contributed by atoms with van der Waals surface area (Å²) in [5.74, 6) is 0.329. The quantitative estimate of drug-likeness (QED) is 0.701. The standard InChI is InChI=1S/C21H20N2OS/c1-14-11-12-20(25-14)21-22-17(15-7-3-2-4-8-15)13-18(23-21)16-9-5-6-10-19(16)24/h2-12,18,21,23-24H,13H2,1H3. The van der Waals surface area contributed by atoms with Crippen LogP contribution in [-0.2, 0) is 0 Å². The molecule has 0 bridgehead atoms. The number of benzene rings is 2. The van der Waals surface area contributed by atoms with E-state index in [2.05, 4.69) is 36.5 Å². The highest BCUT2D eigenvalue weighted by Crippen LogP contribution is 2.35. The zero-order valence-corrected chi connectivity index (χ0v) is 14.8. The molecule has 4 rings (SSSR count). The minimum atomic E-state index is -0.0905. The van der Waals surface area contributed by atoms with Crippen molar-refractivity contribution in [2.45, 2.75) is 25.6 Å². The van der Waals surface area contributed by atoms with E-state index in [1.54, 1.807) is 17.4 Å². The Kier molecular flexibility index (Phi) is 4.38. The molecule has 2 unspecified atom stereocenters. The summed E-state index contributed by atoms with van der Waals surface area (Å²) in [5, 5.41) is 13.9. The maximum absolute atomic E-state index is 10.3. The van der Waals surface area contributed by atoms with Gasteiger partial charge in [0.25, 0.3) is 0 Å². The number of hydrogen-bond acceptors (Lipinski definition) is 4. The number of nitrogens with zero attached hydrogens (tertiary/aromatic N) is 1. The maximum atomic E-state index is 10.3. The van der Waals surface area contributed by atoms with Gasteiger partial charge in [0, 0.05) is 33.5 Å². The minimum Gasteiger partial charge on any atom is -0.508 e. The van der Waals surface area contributed by atoms with E-state index >= 15 is 0 Å². The van der Waals surface area contributed by atoms with Gasteiger partial charge in [0.1, 0.15) is 11.9 Å². The van der Waals surface area contributed by atoms with E-state index in [9.17, 15) is 5.11 Å². The number of nitrogens with one attached hydrogen (secondary N) is 1. The van der Waals surface area contributed by atoms with E-state index < -0.39 is 0 Å². The van der Waals surface area contributed by atoms with Crippen LogP contribution in [0.25, 0.3) is 0 Å². The normalized spacial score (nSPS) is 20.3. The van der Waals surface area contributed by atoms with Gasteiger partial charge in [-0.1, -0.05) is 48.5 Å². The molecular weight excluding hydrogens is 328 g/mol. The number of phenols is 1. The largest absolute Gasteiger partial charge is 0.508 e. The number of thiophene rings is 1. The Morgan fingerprint density at radius 2 is 1.76 bits per heavy atom. The molecular formula is C21H20N2OS. The summed E-state index contributed by atoms with van der Waals surface area (Å²) in [6, 6.07) is 22.1. The monoisotopic (exact) mass is 348 g/mol. The molecule has 2 aromatic carbocycles. The van der Waals surface area contributed by atoms with Crippen molar-refractivity contribution >= 4 is 17.0 Å². The number of para-hydroxylation sites is 1. The van der Waals surface area contributed by atoms with Crippen molar-refractivity contribution in [2.24, 2.45) is 4.99 Å². The number of hydrogen-bond donors (Lipinski definition) is 2. The third-order valence-corrected chi connectivity index (χ3v) is 5.54. The summed E-state index contributed by atoms with van der Waals surface area (Å²) in [6.45, 7) is 2.11. The minimum absolute atomic E-state index is 0.0290. The van der Waals surface area contributed by atoms with Gasteiger partial charge in [-0.3, -0.25) is 10.3 Å². The van der Waals surface area contributed by atoms with Crippen molar-refractivity contribution in [1.29, 1.82) is 0 Å². The zero-order valence-electron chi connectivity index (χ0n) is 14.0. The second-order valence-corrected chi connectivity index (χ2v) is 7.59. The topological polar surface area (TPSA) is 44.6 Å². The molecule has 3 aromatic rings. The fourth-order valence-corrected chi connectivity index (χ4v) is 4.12. The molecule has 2 N–H and O–H groups in total. The van der Waals surface area contributed by atoms with Crippen molar-refractivity contribution in [3.05, 3.63) is 87.6 Å². The van der Waals surface area contributed by atoms with Crippen molar-refractivity contribution in [2.75, 3.05) is 0 Å². The lowest BCUT2D eigenvalue weighted by atomic mass is 9.94. The molecule has 2 atom stereocenters. The SMILES string of the molecule is Cc1ccc(C2N=C(c3ccccc3)CC(c3ccccc3O)N2)s1. The van der Waals surface area contributed by atoms with Crippen LogP contribution < -0.4 is 5.32 Å². The van der Waals surface area contributed by atoms with Crippen LogP contribution in [-0.4, -0.2) is 10.8 Å². The van der Waals surface area contributed by atoms with Gasteiger partial charge in [0.15, 0.2) is 0 Å². The van der Waals surface area contributed by atoms with E-state index in [1.807, 2.05) is 36.4 Å². The molecule has 2 heterocycles. The predicted octanol–water partition coefficient (Wildman–Crippen LogP) is 4.98. The van der Waals surface area contributed by atoms with Crippen molar-refractivity contribution in [3.63, 3.8) is 0 Å².